The summed E-state index contributed by atoms with van der Waals surface area (Å²) in [7, 11) is 0. The fourth-order valence-electron chi connectivity index (χ4n) is 2.62. The molecule has 7 heteroatoms. The minimum atomic E-state index is -0.494. The van der Waals surface area contributed by atoms with Crippen molar-refractivity contribution in [1.29, 1.82) is 0 Å². The Hall–Kier alpha value is -1.82. The standard InChI is InChI=1S/C16H25ClN4O2/c1-10-9-20(15(22)23-16(2,3)4)5-6-21(10)14-8-13(19)12(18)7-11(14)17/h7-8,10H,5-6,9,18-19H2,1-4H3. The molecular formula is C16H25ClN4O2. The van der Waals surface area contributed by atoms with Crippen LogP contribution in [0, 0.1) is 0 Å². The van der Waals surface area contributed by atoms with Crippen LogP contribution >= 0.6 is 11.6 Å². The Kier molecular flexibility index (Phi) is 4.84. The van der Waals surface area contributed by atoms with Crippen LogP contribution in [0.1, 0.15) is 27.7 Å². The zero-order chi connectivity index (χ0) is 17.4. The molecule has 4 N–H and O–H groups in total. The van der Waals surface area contributed by atoms with Gasteiger partial charge in [-0.05, 0) is 39.8 Å². The fourth-order valence-corrected chi connectivity index (χ4v) is 2.90. The normalized spacial score (nSPS) is 18.9. The lowest BCUT2D eigenvalue weighted by molar-refractivity contribution is 0.0219. The number of carbonyl (C=O) groups is 1. The summed E-state index contributed by atoms with van der Waals surface area (Å²) < 4.78 is 5.43. The first-order valence-electron chi connectivity index (χ1n) is 7.67. The summed E-state index contributed by atoms with van der Waals surface area (Å²) in [4.78, 5) is 16.1. The summed E-state index contributed by atoms with van der Waals surface area (Å²) in [6.45, 7) is 9.42. The molecule has 1 heterocycles. The van der Waals surface area contributed by atoms with Crippen LogP contribution in [0.25, 0.3) is 0 Å². The van der Waals surface area contributed by atoms with Gasteiger partial charge >= 0.3 is 6.09 Å². The second kappa shape index (κ2) is 6.35. The predicted molar refractivity (Wildman–Crippen MR) is 94.9 cm³/mol. The number of nitrogens with zero attached hydrogens (tertiary/aromatic N) is 2. The molecule has 1 aromatic rings. The number of carbonyl (C=O) groups excluding carboxylic acids is 1. The minimum Gasteiger partial charge on any atom is -0.444 e. The summed E-state index contributed by atoms with van der Waals surface area (Å²) in [6.07, 6.45) is -0.285. The Labute approximate surface area is 142 Å². The van der Waals surface area contributed by atoms with Crippen LogP contribution in [0.4, 0.5) is 21.9 Å². The van der Waals surface area contributed by atoms with Gasteiger partial charge in [0.25, 0.3) is 0 Å². The fraction of sp³-hybridized carbons (Fsp3) is 0.562. The van der Waals surface area contributed by atoms with E-state index in [1.54, 1.807) is 17.0 Å². The predicted octanol–water partition coefficient (Wildman–Crippen LogP) is 2.95. The molecule has 1 saturated heterocycles. The molecule has 1 unspecified atom stereocenters. The number of benzene rings is 1. The van der Waals surface area contributed by atoms with E-state index in [1.165, 1.54) is 0 Å². The monoisotopic (exact) mass is 340 g/mol. The molecule has 1 aliphatic heterocycles. The van der Waals surface area contributed by atoms with Crippen molar-refractivity contribution in [1.82, 2.24) is 4.90 Å². The number of hydrogen-bond acceptors (Lipinski definition) is 5. The molecule has 23 heavy (non-hydrogen) atoms. The lowest BCUT2D eigenvalue weighted by atomic mass is 10.1. The van der Waals surface area contributed by atoms with Gasteiger partial charge in [0.05, 0.1) is 22.1 Å². The first-order valence-corrected chi connectivity index (χ1v) is 8.05. The maximum absolute atomic E-state index is 12.2. The molecule has 0 radical (unpaired) electrons. The molecule has 0 saturated carbocycles. The molecule has 2 rings (SSSR count). The Bertz CT molecular complexity index is 600. The summed E-state index contributed by atoms with van der Waals surface area (Å²) in [5.74, 6) is 0. The maximum atomic E-state index is 12.2. The smallest absolute Gasteiger partial charge is 0.410 e. The second-order valence-corrected chi connectivity index (χ2v) is 7.31. The SMILES string of the molecule is CC1CN(C(=O)OC(C)(C)C)CCN1c1cc(N)c(N)cc1Cl. The van der Waals surface area contributed by atoms with Crippen molar-refractivity contribution in [3.63, 3.8) is 0 Å². The maximum Gasteiger partial charge on any atom is 0.410 e. The summed E-state index contributed by atoms with van der Waals surface area (Å²) in [6, 6.07) is 3.55. The summed E-state index contributed by atoms with van der Waals surface area (Å²) in [5.41, 5.74) is 13.0. The quantitative estimate of drug-likeness (QED) is 0.768. The molecule has 0 aliphatic carbocycles. The van der Waals surface area contributed by atoms with Gasteiger partial charge in [-0.3, -0.25) is 0 Å². The van der Waals surface area contributed by atoms with Gasteiger partial charge in [0.1, 0.15) is 5.60 Å². The van der Waals surface area contributed by atoms with Crippen LogP contribution in [0.5, 0.6) is 0 Å². The van der Waals surface area contributed by atoms with Crippen LogP contribution in [-0.2, 0) is 4.74 Å². The number of hydrogen-bond donors (Lipinski definition) is 2. The van der Waals surface area contributed by atoms with Gasteiger partial charge in [-0.15, -0.1) is 0 Å². The summed E-state index contributed by atoms with van der Waals surface area (Å²) in [5, 5.41) is 0.564. The average Bonchev–Trinajstić information content (AvgIpc) is 2.41. The Morgan fingerprint density at radius 2 is 1.87 bits per heavy atom. The molecule has 1 amide bonds. The van der Waals surface area contributed by atoms with Crippen molar-refractivity contribution in [2.75, 3.05) is 36.0 Å². The van der Waals surface area contributed by atoms with E-state index < -0.39 is 5.60 Å². The largest absolute Gasteiger partial charge is 0.444 e. The zero-order valence-corrected chi connectivity index (χ0v) is 14.9. The van der Waals surface area contributed by atoms with E-state index in [9.17, 15) is 4.79 Å². The first-order chi connectivity index (χ1) is 10.6. The lowest BCUT2D eigenvalue weighted by Gasteiger charge is -2.41. The van der Waals surface area contributed by atoms with Crippen molar-refractivity contribution in [2.45, 2.75) is 39.3 Å². The van der Waals surface area contributed by atoms with E-state index >= 15 is 0 Å². The Balaban J connectivity index is 2.10. The summed E-state index contributed by atoms with van der Waals surface area (Å²) >= 11 is 6.30. The molecule has 1 atom stereocenters. The van der Waals surface area contributed by atoms with Crippen molar-refractivity contribution >= 4 is 34.8 Å². The molecule has 1 aromatic carbocycles. The number of piperazine rings is 1. The third-order valence-electron chi connectivity index (χ3n) is 3.74. The number of halogens is 1. The first kappa shape index (κ1) is 17.5. The van der Waals surface area contributed by atoms with E-state index in [0.29, 0.717) is 36.0 Å². The minimum absolute atomic E-state index is 0.0943. The molecule has 128 valence electrons. The lowest BCUT2D eigenvalue weighted by Crippen LogP contribution is -2.54. The van der Waals surface area contributed by atoms with Crippen molar-refractivity contribution in [3.05, 3.63) is 17.2 Å². The van der Waals surface area contributed by atoms with Gasteiger partial charge in [-0.1, -0.05) is 11.6 Å². The molecule has 1 fully saturated rings. The van der Waals surface area contributed by atoms with Crippen LogP contribution in [-0.4, -0.2) is 42.3 Å². The molecular weight excluding hydrogens is 316 g/mol. The molecule has 6 nitrogen and oxygen atoms in total. The van der Waals surface area contributed by atoms with E-state index in [0.717, 1.165) is 5.69 Å². The van der Waals surface area contributed by atoms with Gasteiger partial charge < -0.3 is 26.0 Å². The van der Waals surface area contributed by atoms with Crippen molar-refractivity contribution < 1.29 is 9.53 Å². The third kappa shape index (κ3) is 4.13. The Morgan fingerprint density at radius 3 is 2.43 bits per heavy atom. The van der Waals surface area contributed by atoms with E-state index in [1.807, 2.05) is 27.7 Å². The number of nitrogens with two attached hydrogens (primary N) is 2. The number of ether oxygens (including phenoxy) is 1. The van der Waals surface area contributed by atoms with Crippen LogP contribution in [0.15, 0.2) is 12.1 Å². The number of anilines is 3. The topological polar surface area (TPSA) is 84.8 Å². The van der Waals surface area contributed by atoms with Crippen LogP contribution < -0.4 is 16.4 Å². The highest BCUT2D eigenvalue weighted by atomic mass is 35.5. The van der Waals surface area contributed by atoms with Gasteiger partial charge in [0, 0.05) is 25.7 Å². The van der Waals surface area contributed by atoms with Crippen LogP contribution in [0.2, 0.25) is 5.02 Å². The van der Waals surface area contributed by atoms with Crippen molar-refractivity contribution in [3.8, 4) is 0 Å². The highest BCUT2D eigenvalue weighted by molar-refractivity contribution is 6.33. The van der Waals surface area contributed by atoms with E-state index in [4.69, 9.17) is 27.8 Å². The highest BCUT2D eigenvalue weighted by Gasteiger charge is 2.30. The third-order valence-corrected chi connectivity index (χ3v) is 4.04. The van der Waals surface area contributed by atoms with Gasteiger partial charge in [0.15, 0.2) is 0 Å². The number of rotatable bonds is 1. The van der Waals surface area contributed by atoms with Crippen molar-refractivity contribution in [2.24, 2.45) is 0 Å². The molecule has 0 bridgehead atoms. The van der Waals surface area contributed by atoms with Gasteiger partial charge in [-0.2, -0.15) is 0 Å². The average molecular weight is 341 g/mol. The van der Waals surface area contributed by atoms with Gasteiger partial charge in [-0.25, -0.2) is 4.79 Å². The highest BCUT2D eigenvalue weighted by Crippen LogP contribution is 2.34. The second-order valence-electron chi connectivity index (χ2n) is 6.90. The molecule has 1 aliphatic rings. The van der Waals surface area contributed by atoms with Crippen LogP contribution in [0.3, 0.4) is 0 Å². The molecule has 0 aromatic heterocycles. The molecule has 0 spiro atoms. The van der Waals surface area contributed by atoms with E-state index in [2.05, 4.69) is 4.90 Å². The zero-order valence-electron chi connectivity index (χ0n) is 14.1. The van der Waals surface area contributed by atoms with E-state index in [-0.39, 0.29) is 12.1 Å². The number of amides is 1. The van der Waals surface area contributed by atoms with Gasteiger partial charge in [0.2, 0.25) is 0 Å². The number of nitrogen functional groups attached to an aromatic ring is 2. The Morgan fingerprint density at radius 1 is 1.26 bits per heavy atom.